The molecule has 0 aromatic heterocycles. The second kappa shape index (κ2) is 7.55. The van der Waals surface area contributed by atoms with Gasteiger partial charge in [0.1, 0.15) is 5.75 Å². The van der Waals surface area contributed by atoms with Crippen molar-refractivity contribution in [2.75, 3.05) is 12.9 Å². The molecule has 2 nitrogen and oxygen atoms in total. The van der Waals surface area contributed by atoms with Gasteiger partial charge in [-0.1, -0.05) is 28.8 Å². The lowest BCUT2D eigenvalue weighted by atomic mass is 10.1. The Balaban J connectivity index is 1.86. The fourth-order valence-corrected chi connectivity index (χ4v) is 4.21. The molecule has 1 aliphatic carbocycles. The van der Waals surface area contributed by atoms with E-state index in [1.807, 2.05) is 30.0 Å². The molecule has 19 heavy (non-hydrogen) atoms. The summed E-state index contributed by atoms with van der Waals surface area (Å²) in [5, 5.41) is 10.9. The predicted octanol–water partition coefficient (Wildman–Crippen LogP) is 4.04. The van der Waals surface area contributed by atoms with E-state index in [-0.39, 0.29) is 6.10 Å². The highest BCUT2D eigenvalue weighted by molar-refractivity contribution is 9.10. The highest BCUT2D eigenvalue weighted by atomic mass is 79.9. The third-order valence-electron chi connectivity index (χ3n) is 3.52. The lowest BCUT2D eigenvalue weighted by Gasteiger charge is -2.15. The van der Waals surface area contributed by atoms with Crippen LogP contribution >= 0.6 is 27.7 Å². The third-order valence-corrected chi connectivity index (χ3v) is 5.54. The highest BCUT2D eigenvalue weighted by Crippen LogP contribution is 2.31. The minimum Gasteiger partial charge on any atom is -0.496 e. The zero-order valence-electron chi connectivity index (χ0n) is 11.3. The lowest BCUT2D eigenvalue weighted by Crippen LogP contribution is -2.16. The van der Waals surface area contributed by atoms with E-state index in [1.165, 1.54) is 25.7 Å². The minimum absolute atomic E-state index is 0.297. The number of aliphatic hydroxyl groups excluding tert-OH is 1. The first kappa shape index (κ1) is 15.2. The van der Waals surface area contributed by atoms with Crippen molar-refractivity contribution in [3.63, 3.8) is 0 Å². The molecule has 0 aliphatic heterocycles. The van der Waals surface area contributed by atoms with Crippen LogP contribution in [0.3, 0.4) is 0 Å². The van der Waals surface area contributed by atoms with E-state index < -0.39 is 0 Å². The molecule has 2 rings (SSSR count). The Kier molecular flexibility index (Phi) is 6.05. The Bertz CT molecular complexity index is 405. The van der Waals surface area contributed by atoms with Crippen LogP contribution in [-0.4, -0.2) is 29.3 Å². The molecular formula is C15H21BrO2S. The van der Waals surface area contributed by atoms with Gasteiger partial charge in [0.05, 0.1) is 13.2 Å². The van der Waals surface area contributed by atoms with Gasteiger partial charge in [-0.25, -0.2) is 0 Å². The van der Waals surface area contributed by atoms with Crippen molar-refractivity contribution in [3.8, 4) is 5.75 Å². The normalized spacial score (nSPS) is 17.6. The van der Waals surface area contributed by atoms with Gasteiger partial charge in [0.2, 0.25) is 0 Å². The Morgan fingerprint density at radius 1 is 1.42 bits per heavy atom. The maximum absolute atomic E-state index is 10.2. The van der Waals surface area contributed by atoms with Crippen LogP contribution < -0.4 is 4.74 Å². The second-order valence-corrected chi connectivity index (χ2v) is 7.30. The molecular weight excluding hydrogens is 324 g/mol. The van der Waals surface area contributed by atoms with E-state index >= 15 is 0 Å². The molecule has 1 fully saturated rings. The van der Waals surface area contributed by atoms with E-state index in [0.717, 1.165) is 26.8 Å². The molecule has 1 aromatic carbocycles. The largest absolute Gasteiger partial charge is 0.496 e. The third kappa shape index (κ3) is 4.69. The maximum atomic E-state index is 10.2. The number of aliphatic hydroxyl groups is 1. The Morgan fingerprint density at radius 3 is 2.84 bits per heavy atom. The van der Waals surface area contributed by atoms with Gasteiger partial charge < -0.3 is 9.84 Å². The molecule has 1 aliphatic rings. The fraction of sp³-hybridized carbons (Fsp3) is 0.600. The monoisotopic (exact) mass is 344 g/mol. The zero-order chi connectivity index (χ0) is 13.7. The number of thioether (sulfide) groups is 1. The number of halogens is 1. The van der Waals surface area contributed by atoms with Gasteiger partial charge in [0, 0.05) is 21.9 Å². The van der Waals surface area contributed by atoms with Gasteiger partial charge in [0.15, 0.2) is 0 Å². The quantitative estimate of drug-likeness (QED) is 0.844. The molecule has 0 radical (unpaired) electrons. The second-order valence-electron chi connectivity index (χ2n) is 5.05. The van der Waals surface area contributed by atoms with Crippen LogP contribution in [0.25, 0.3) is 0 Å². The van der Waals surface area contributed by atoms with Crippen molar-refractivity contribution >= 4 is 27.7 Å². The van der Waals surface area contributed by atoms with Crippen LogP contribution in [0.15, 0.2) is 22.7 Å². The predicted molar refractivity (Wildman–Crippen MR) is 85.1 cm³/mol. The van der Waals surface area contributed by atoms with E-state index in [0.29, 0.717) is 6.42 Å². The van der Waals surface area contributed by atoms with Gasteiger partial charge in [-0.15, -0.1) is 0 Å². The van der Waals surface area contributed by atoms with E-state index in [9.17, 15) is 5.11 Å². The minimum atomic E-state index is -0.297. The molecule has 1 saturated carbocycles. The molecule has 0 saturated heterocycles. The average molecular weight is 345 g/mol. The van der Waals surface area contributed by atoms with Crippen LogP contribution in [0.4, 0.5) is 0 Å². The SMILES string of the molecule is COc1ccc(Br)cc1CC(O)CSC1CCCC1. The summed E-state index contributed by atoms with van der Waals surface area (Å²) in [6.07, 6.45) is 5.70. The van der Waals surface area contributed by atoms with Gasteiger partial charge >= 0.3 is 0 Å². The summed E-state index contributed by atoms with van der Waals surface area (Å²) in [6.45, 7) is 0. The van der Waals surface area contributed by atoms with Crippen LogP contribution in [0.2, 0.25) is 0 Å². The molecule has 4 heteroatoms. The van der Waals surface area contributed by atoms with Gasteiger partial charge in [-0.05, 0) is 36.6 Å². The van der Waals surface area contributed by atoms with Crippen LogP contribution in [0.5, 0.6) is 5.75 Å². The molecule has 1 unspecified atom stereocenters. The van der Waals surface area contributed by atoms with Crippen molar-refractivity contribution in [2.24, 2.45) is 0 Å². The maximum Gasteiger partial charge on any atom is 0.122 e. The average Bonchev–Trinajstić information content (AvgIpc) is 2.90. The molecule has 1 atom stereocenters. The summed E-state index contributed by atoms with van der Waals surface area (Å²) < 4.78 is 6.37. The zero-order valence-corrected chi connectivity index (χ0v) is 13.7. The Labute approximate surface area is 128 Å². The van der Waals surface area contributed by atoms with Gasteiger partial charge in [0.25, 0.3) is 0 Å². The summed E-state index contributed by atoms with van der Waals surface area (Å²) in [7, 11) is 1.67. The Morgan fingerprint density at radius 2 is 2.16 bits per heavy atom. The topological polar surface area (TPSA) is 29.5 Å². The summed E-state index contributed by atoms with van der Waals surface area (Å²) in [4.78, 5) is 0. The molecule has 0 bridgehead atoms. The summed E-state index contributed by atoms with van der Waals surface area (Å²) in [6, 6.07) is 5.93. The molecule has 0 amide bonds. The van der Waals surface area contributed by atoms with Crippen molar-refractivity contribution in [1.82, 2.24) is 0 Å². The highest BCUT2D eigenvalue weighted by Gasteiger charge is 2.18. The first-order valence-corrected chi connectivity index (χ1v) is 8.65. The number of hydrogen-bond donors (Lipinski definition) is 1. The van der Waals surface area contributed by atoms with Crippen molar-refractivity contribution < 1.29 is 9.84 Å². The summed E-state index contributed by atoms with van der Waals surface area (Å²) >= 11 is 5.39. The smallest absolute Gasteiger partial charge is 0.122 e. The molecule has 1 aromatic rings. The first-order valence-electron chi connectivity index (χ1n) is 6.81. The van der Waals surface area contributed by atoms with Crippen LogP contribution in [-0.2, 0) is 6.42 Å². The molecule has 1 N–H and O–H groups in total. The molecule has 106 valence electrons. The number of methoxy groups -OCH3 is 1. The van der Waals surface area contributed by atoms with E-state index in [2.05, 4.69) is 15.9 Å². The van der Waals surface area contributed by atoms with Crippen molar-refractivity contribution in [1.29, 1.82) is 0 Å². The number of hydrogen-bond acceptors (Lipinski definition) is 3. The first-order chi connectivity index (χ1) is 9.19. The van der Waals surface area contributed by atoms with E-state index in [1.54, 1.807) is 7.11 Å². The number of benzene rings is 1. The van der Waals surface area contributed by atoms with Crippen molar-refractivity contribution in [3.05, 3.63) is 28.2 Å². The molecule has 0 heterocycles. The van der Waals surface area contributed by atoms with Gasteiger partial charge in [-0.2, -0.15) is 11.8 Å². The summed E-state index contributed by atoms with van der Waals surface area (Å²) in [5.74, 6) is 1.67. The van der Waals surface area contributed by atoms with Crippen molar-refractivity contribution in [2.45, 2.75) is 43.5 Å². The van der Waals surface area contributed by atoms with E-state index in [4.69, 9.17) is 4.74 Å². The van der Waals surface area contributed by atoms with Gasteiger partial charge in [-0.3, -0.25) is 0 Å². The standard InChI is InChI=1S/C15H21BrO2S/c1-18-15-7-6-12(16)8-11(15)9-13(17)10-19-14-4-2-3-5-14/h6-8,13-14,17H,2-5,9-10H2,1H3. The lowest BCUT2D eigenvalue weighted by molar-refractivity contribution is 0.198. The fourth-order valence-electron chi connectivity index (χ4n) is 2.52. The summed E-state index contributed by atoms with van der Waals surface area (Å²) in [5.41, 5.74) is 1.07. The molecule has 0 spiro atoms. The van der Waals surface area contributed by atoms with Crippen LogP contribution in [0.1, 0.15) is 31.2 Å². The number of ether oxygens (including phenoxy) is 1. The van der Waals surface area contributed by atoms with Crippen LogP contribution in [0, 0.1) is 0 Å². The Hall–Kier alpha value is -0.190. The number of rotatable bonds is 6.